The van der Waals surface area contributed by atoms with Gasteiger partial charge in [0.05, 0.1) is 37.1 Å². The monoisotopic (exact) mass is 518 g/mol. The van der Waals surface area contributed by atoms with Crippen molar-refractivity contribution in [2.24, 2.45) is 4.99 Å². The fraction of sp³-hybridized carbons (Fsp3) is 0.391. The molecule has 0 amide bonds. The van der Waals surface area contributed by atoms with Gasteiger partial charge in [-0.25, -0.2) is 8.42 Å². The summed E-state index contributed by atoms with van der Waals surface area (Å²) in [5.74, 6) is -0.202. The number of esters is 1. The van der Waals surface area contributed by atoms with E-state index in [1.165, 1.54) is 22.8 Å². The Bertz CT molecular complexity index is 1340. The van der Waals surface area contributed by atoms with E-state index < -0.39 is 10.0 Å². The van der Waals surface area contributed by atoms with Crippen LogP contribution in [-0.4, -0.2) is 74.4 Å². The highest BCUT2D eigenvalue weighted by Crippen LogP contribution is 2.43. The number of para-hydroxylation sites is 1. The van der Waals surface area contributed by atoms with E-state index in [-0.39, 0.29) is 10.7 Å². The van der Waals surface area contributed by atoms with Gasteiger partial charge in [-0.3, -0.25) is 19.0 Å². The number of rotatable bonds is 6. The van der Waals surface area contributed by atoms with Crippen LogP contribution in [0.3, 0.4) is 0 Å². The minimum atomic E-state index is -3.63. The van der Waals surface area contributed by atoms with Gasteiger partial charge in [0.25, 0.3) is 10.0 Å². The predicted octanol–water partition coefficient (Wildman–Crippen LogP) is 3.56. The maximum atomic E-state index is 13.1. The van der Waals surface area contributed by atoms with E-state index in [0.717, 1.165) is 54.1 Å². The van der Waals surface area contributed by atoms with Crippen LogP contribution in [0, 0.1) is 0 Å². The van der Waals surface area contributed by atoms with Crippen LogP contribution in [0.2, 0.25) is 0 Å². The van der Waals surface area contributed by atoms with E-state index in [0.29, 0.717) is 16.4 Å². The normalized spacial score (nSPS) is 18.4. The van der Waals surface area contributed by atoms with Crippen molar-refractivity contribution in [2.75, 3.05) is 44.6 Å². The predicted molar refractivity (Wildman–Crippen MR) is 138 cm³/mol. The molecular formula is C23H26N4O4S3. The number of aromatic amines is 1. The Balaban J connectivity index is 1.35. The average molecular weight is 519 g/mol. The first-order chi connectivity index (χ1) is 16.3. The number of carbonyl (C=O) groups is 1. The largest absolute Gasteiger partial charge is 0.468 e. The summed E-state index contributed by atoms with van der Waals surface area (Å²) >= 11 is 3.00. The number of fused-ring (bicyclic) bond motifs is 1. The first-order valence-corrected chi connectivity index (χ1v) is 14.1. The number of likely N-dealkylation sites (tertiary alicyclic amines) is 1. The highest BCUT2D eigenvalue weighted by molar-refractivity contribution is 8.15. The molecule has 5 rings (SSSR count). The number of anilines is 1. The lowest BCUT2D eigenvalue weighted by Gasteiger charge is -2.37. The van der Waals surface area contributed by atoms with Gasteiger partial charge in [0, 0.05) is 30.3 Å². The Labute approximate surface area is 207 Å². The first-order valence-electron chi connectivity index (χ1n) is 11.0. The van der Waals surface area contributed by atoms with Gasteiger partial charge < -0.3 is 9.72 Å². The summed E-state index contributed by atoms with van der Waals surface area (Å²) in [6.07, 6.45) is 1.91. The second-order valence-electron chi connectivity index (χ2n) is 8.59. The van der Waals surface area contributed by atoms with Gasteiger partial charge in [0.1, 0.15) is 9.25 Å². The van der Waals surface area contributed by atoms with Crippen molar-refractivity contribution in [1.82, 2.24) is 9.88 Å². The van der Waals surface area contributed by atoms with Gasteiger partial charge >= 0.3 is 5.97 Å². The number of carbonyl (C=O) groups excluding carboxylic acids is 1. The number of nitrogens with zero attached hydrogens (tertiary/aromatic N) is 3. The summed E-state index contributed by atoms with van der Waals surface area (Å²) < 4.78 is 32.6. The molecule has 1 aromatic carbocycles. The van der Waals surface area contributed by atoms with Crippen LogP contribution in [-0.2, 0) is 19.6 Å². The molecule has 0 unspecified atom stereocenters. The number of thiophene rings is 1. The molecule has 34 heavy (non-hydrogen) atoms. The molecule has 180 valence electrons. The summed E-state index contributed by atoms with van der Waals surface area (Å²) in [6.45, 7) is 2.76. The summed E-state index contributed by atoms with van der Waals surface area (Å²) in [5, 5.41) is 3.66. The minimum Gasteiger partial charge on any atom is -0.468 e. The van der Waals surface area contributed by atoms with Crippen LogP contribution in [0.15, 0.2) is 51.0 Å². The van der Waals surface area contributed by atoms with Crippen LogP contribution in [0.25, 0.3) is 10.9 Å². The Hall–Kier alpha value is -2.34. The molecule has 4 heterocycles. The zero-order chi connectivity index (χ0) is 23.9. The smallest absolute Gasteiger partial charge is 0.319 e. The number of aromatic nitrogens is 1. The van der Waals surface area contributed by atoms with Gasteiger partial charge in [-0.1, -0.05) is 30.0 Å². The number of methoxy groups -OCH3 is 1. The number of sulfonamides is 1. The van der Waals surface area contributed by atoms with E-state index in [2.05, 4.69) is 9.88 Å². The highest BCUT2D eigenvalue weighted by Gasteiger charge is 2.41. The summed E-state index contributed by atoms with van der Waals surface area (Å²) in [7, 11) is -0.624. The van der Waals surface area contributed by atoms with Crippen molar-refractivity contribution in [1.29, 1.82) is 0 Å². The van der Waals surface area contributed by atoms with Crippen molar-refractivity contribution >= 4 is 60.7 Å². The van der Waals surface area contributed by atoms with Crippen molar-refractivity contribution in [2.45, 2.75) is 21.8 Å². The number of hydrogen-bond acceptors (Lipinski definition) is 8. The van der Waals surface area contributed by atoms with Crippen LogP contribution in [0.1, 0.15) is 18.5 Å². The maximum Gasteiger partial charge on any atom is 0.319 e. The molecule has 0 atom stereocenters. The number of ether oxygens (including phenoxy) is 1. The third kappa shape index (κ3) is 4.26. The molecular weight excluding hydrogens is 492 g/mol. The molecule has 2 aliphatic heterocycles. The second-order valence-corrected chi connectivity index (χ2v) is 13.2. The van der Waals surface area contributed by atoms with Gasteiger partial charge in [-0.05, 0) is 36.4 Å². The van der Waals surface area contributed by atoms with E-state index in [1.807, 2.05) is 24.3 Å². The Morgan fingerprint density at radius 1 is 1.26 bits per heavy atom. The molecule has 0 bridgehead atoms. The first kappa shape index (κ1) is 23.4. The highest BCUT2D eigenvalue weighted by atomic mass is 32.2. The number of aliphatic imine (C=N–C) groups is 1. The standard InChI is InChI=1S/C23H26N4O4S3/c1-26(34(29,30)20-7-4-12-32-20)18-6-3-5-16-13-17(25-21(16)18)22-24-15-23(33-22)8-10-27(11-9-23)14-19(28)31-2/h3-7,12-13,25H,8-11,14-15H2,1-2H3. The number of thioether (sulfide) groups is 1. The van der Waals surface area contributed by atoms with Crippen LogP contribution in [0.4, 0.5) is 5.69 Å². The van der Waals surface area contributed by atoms with Crippen molar-refractivity contribution in [3.63, 3.8) is 0 Å². The van der Waals surface area contributed by atoms with Crippen molar-refractivity contribution < 1.29 is 17.9 Å². The van der Waals surface area contributed by atoms with Crippen molar-refractivity contribution in [3.05, 3.63) is 47.5 Å². The van der Waals surface area contributed by atoms with Crippen LogP contribution < -0.4 is 4.31 Å². The number of H-pyrrole nitrogens is 1. The number of piperidine rings is 1. The molecule has 1 saturated heterocycles. The van der Waals surface area contributed by atoms with Crippen molar-refractivity contribution in [3.8, 4) is 0 Å². The average Bonchev–Trinajstić information content (AvgIpc) is 3.60. The summed E-state index contributed by atoms with van der Waals surface area (Å²) in [5.41, 5.74) is 2.28. The third-order valence-electron chi connectivity index (χ3n) is 6.49. The molecule has 2 aliphatic rings. The van der Waals surface area contributed by atoms with E-state index in [4.69, 9.17) is 9.73 Å². The molecule has 0 saturated carbocycles. The SMILES string of the molecule is COC(=O)CN1CCC2(CC1)CN=C(c1cc3cccc(N(C)S(=O)(=O)c4cccs4)c3[nH]1)S2. The lowest BCUT2D eigenvalue weighted by atomic mass is 9.96. The van der Waals surface area contributed by atoms with Gasteiger partial charge in [0.2, 0.25) is 0 Å². The fourth-order valence-electron chi connectivity index (χ4n) is 4.44. The number of benzene rings is 1. The van der Waals surface area contributed by atoms with Gasteiger partial charge in [-0.15, -0.1) is 11.3 Å². The third-order valence-corrected chi connectivity index (χ3v) is 11.1. The quantitative estimate of drug-likeness (QED) is 0.502. The molecule has 1 spiro atoms. The second kappa shape index (κ2) is 9.03. The summed E-state index contributed by atoms with van der Waals surface area (Å²) in [6, 6.07) is 11.1. The molecule has 2 aromatic heterocycles. The van der Waals surface area contributed by atoms with E-state index in [1.54, 1.807) is 36.3 Å². The Kier molecular flexibility index (Phi) is 6.21. The Morgan fingerprint density at radius 2 is 2.06 bits per heavy atom. The molecule has 0 radical (unpaired) electrons. The molecule has 1 N–H and O–H groups in total. The topological polar surface area (TPSA) is 95.1 Å². The van der Waals surface area contributed by atoms with Crippen LogP contribution in [0.5, 0.6) is 0 Å². The maximum absolute atomic E-state index is 13.1. The fourth-order valence-corrected chi connectivity index (χ4v) is 8.09. The van der Waals surface area contributed by atoms with Gasteiger partial charge in [0.15, 0.2) is 0 Å². The number of hydrogen-bond donors (Lipinski definition) is 1. The number of nitrogens with one attached hydrogen (secondary N) is 1. The molecule has 8 nitrogen and oxygen atoms in total. The minimum absolute atomic E-state index is 0.0430. The van der Waals surface area contributed by atoms with E-state index >= 15 is 0 Å². The molecule has 11 heteroatoms. The van der Waals surface area contributed by atoms with E-state index in [9.17, 15) is 13.2 Å². The lowest BCUT2D eigenvalue weighted by molar-refractivity contribution is -0.142. The molecule has 0 aliphatic carbocycles. The van der Waals surface area contributed by atoms with Gasteiger partial charge in [-0.2, -0.15) is 0 Å². The molecule has 1 fully saturated rings. The zero-order valence-corrected chi connectivity index (χ0v) is 21.4. The zero-order valence-electron chi connectivity index (χ0n) is 19.0. The molecule has 3 aromatic rings. The lowest BCUT2D eigenvalue weighted by Crippen LogP contribution is -2.45. The Morgan fingerprint density at radius 3 is 2.76 bits per heavy atom. The van der Waals surface area contributed by atoms with Crippen LogP contribution >= 0.6 is 23.1 Å². The summed E-state index contributed by atoms with van der Waals surface area (Å²) in [4.78, 5) is 22.0.